The summed E-state index contributed by atoms with van der Waals surface area (Å²) in [6.07, 6.45) is 2.99. The second-order valence-corrected chi connectivity index (χ2v) is 5.83. The smallest absolute Gasteiger partial charge is 0.224 e. The number of hydrogen-bond acceptors (Lipinski definition) is 2. The number of aryl methyl sites for hydroxylation is 1. The number of aromatic nitrogens is 2. The number of nitrogens with zero attached hydrogens (tertiary/aromatic N) is 1. The van der Waals surface area contributed by atoms with Crippen molar-refractivity contribution in [1.29, 1.82) is 0 Å². The molecule has 0 spiro atoms. The molecular formula is C20H21N3O. The maximum absolute atomic E-state index is 12.0. The van der Waals surface area contributed by atoms with Gasteiger partial charge in [-0.25, -0.2) is 4.98 Å². The standard InChI is InChI=1S/C20H21N3O/c1-15-7-5-6-10-17(15)13-19(24)21-12-11-18-14-22-20(23-18)16-8-3-2-4-9-16/h2-10,14H,11-13H2,1H3,(H,21,24)(H,22,23). The third-order valence-electron chi connectivity index (χ3n) is 4.00. The van der Waals surface area contributed by atoms with Crippen LogP contribution in [-0.2, 0) is 17.6 Å². The Labute approximate surface area is 142 Å². The first kappa shape index (κ1) is 16.0. The van der Waals surface area contributed by atoms with E-state index in [-0.39, 0.29) is 5.91 Å². The molecule has 0 radical (unpaired) electrons. The normalized spacial score (nSPS) is 10.5. The molecule has 4 heteroatoms. The van der Waals surface area contributed by atoms with Crippen LogP contribution in [0.15, 0.2) is 60.8 Å². The van der Waals surface area contributed by atoms with Crippen molar-refractivity contribution >= 4 is 5.91 Å². The van der Waals surface area contributed by atoms with Gasteiger partial charge in [-0.15, -0.1) is 0 Å². The Morgan fingerprint density at radius 1 is 1.08 bits per heavy atom. The van der Waals surface area contributed by atoms with E-state index >= 15 is 0 Å². The van der Waals surface area contributed by atoms with Gasteiger partial charge in [0.2, 0.25) is 5.91 Å². The Hall–Kier alpha value is -2.88. The molecule has 0 aliphatic heterocycles. The van der Waals surface area contributed by atoms with Crippen LogP contribution in [0.2, 0.25) is 0 Å². The van der Waals surface area contributed by atoms with Gasteiger partial charge in [0, 0.05) is 30.4 Å². The second kappa shape index (κ2) is 7.59. The molecule has 0 atom stereocenters. The molecule has 2 N–H and O–H groups in total. The van der Waals surface area contributed by atoms with Gasteiger partial charge in [0.1, 0.15) is 5.82 Å². The molecule has 0 fully saturated rings. The van der Waals surface area contributed by atoms with E-state index in [0.29, 0.717) is 13.0 Å². The van der Waals surface area contributed by atoms with Gasteiger partial charge in [-0.3, -0.25) is 4.79 Å². The molecule has 3 rings (SSSR count). The molecule has 24 heavy (non-hydrogen) atoms. The summed E-state index contributed by atoms with van der Waals surface area (Å²) in [4.78, 5) is 19.7. The number of rotatable bonds is 6. The lowest BCUT2D eigenvalue weighted by Gasteiger charge is -2.06. The van der Waals surface area contributed by atoms with Gasteiger partial charge >= 0.3 is 0 Å². The van der Waals surface area contributed by atoms with Crippen LogP contribution in [-0.4, -0.2) is 22.4 Å². The zero-order chi connectivity index (χ0) is 16.8. The van der Waals surface area contributed by atoms with Crippen molar-refractivity contribution in [3.63, 3.8) is 0 Å². The SMILES string of the molecule is Cc1ccccc1CC(=O)NCCc1cnc(-c2ccccc2)[nH]1. The fourth-order valence-corrected chi connectivity index (χ4v) is 2.61. The van der Waals surface area contributed by atoms with E-state index < -0.39 is 0 Å². The van der Waals surface area contributed by atoms with Crippen LogP contribution in [0.4, 0.5) is 0 Å². The minimum atomic E-state index is 0.0482. The summed E-state index contributed by atoms with van der Waals surface area (Å²) in [5, 5.41) is 2.97. The van der Waals surface area contributed by atoms with Crippen LogP contribution in [0.25, 0.3) is 11.4 Å². The summed E-state index contributed by atoms with van der Waals surface area (Å²) in [6.45, 7) is 2.62. The van der Waals surface area contributed by atoms with Gasteiger partial charge in [0.15, 0.2) is 0 Å². The Balaban J connectivity index is 1.49. The summed E-state index contributed by atoms with van der Waals surface area (Å²) in [7, 11) is 0. The molecule has 0 saturated carbocycles. The lowest BCUT2D eigenvalue weighted by atomic mass is 10.1. The number of hydrogen-bond donors (Lipinski definition) is 2. The quantitative estimate of drug-likeness (QED) is 0.732. The monoisotopic (exact) mass is 319 g/mol. The van der Waals surface area contributed by atoms with Crippen LogP contribution >= 0.6 is 0 Å². The van der Waals surface area contributed by atoms with Crippen molar-refractivity contribution in [3.8, 4) is 11.4 Å². The van der Waals surface area contributed by atoms with Gasteiger partial charge < -0.3 is 10.3 Å². The van der Waals surface area contributed by atoms with Crippen LogP contribution < -0.4 is 5.32 Å². The molecule has 4 nitrogen and oxygen atoms in total. The zero-order valence-electron chi connectivity index (χ0n) is 13.8. The van der Waals surface area contributed by atoms with E-state index in [0.717, 1.165) is 34.6 Å². The van der Waals surface area contributed by atoms with Crippen LogP contribution in [0.5, 0.6) is 0 Å². The molecule has 0 aliphatic carbocycles. The van der Waals surface area contributed by atoms with E-state index in [4.69, 9.17) is 0 Å². The lowest BCUT2D eigenvalue weighted by Crippen LogP contribution is -2.27. The minimum absolute atomic E-state index is 0.0482. The van der Waals surface area contributed by atoms with Crippen molar-refractivity contribution < 1.29 is 4.79 Å². The van der Waals surface area contributed by atoms with Crippen molar-refractivity contribution in [2.75, 3.05) is 6.54 Å². The Bertz CT molecular complexity index is 809. The third-order valence-corrected chi connectivity index (χ3v) is 4.00. The van der Waals surface area contributed by atoms with Gasteiger partial charge in [0.05, 0.1) is 6.42 Å². The Morgan fingerprint density at radius 2 is 1.83 bits per heavy atom. The first-order valence-corrected chi connectivity index (χ1v) is 8.13. The summed E-state index contributed by atoms with van der Waals surface area (Å²) < 4.78 is 0. The number of imidazole rings is 1. The topological polar surface area (TPSA) is 57.8 Å². The fourth-order valence-electron chi connectivity index (χ4n) is 2.61. The molecule has 0 saturated heterocycles. The minimum Gasteiger partial charge on any atom is -0.355 e. The fraction of sp³-hybridized carbons (Fsp3) is 0.200. The van der Waals surface area contributed by atoms with Crippen molar-refractivity contribution in [2.45, 2.75) is 19.8 Å². The Morgan fingerprint density at radius 3 is 2.62 bits per heavy atom. The molecule has 0 bridgehead atoms. The molecule has 0 unspecified atom stereocenters. The molecule has 1 heterocycles. The molecule has 2 aromatic carbocycles. The number of nitrogens with one attached hydrogen (secondary N) is 2. The highest BCUT2D eigenvalue weighted by Gasteiger charge is 2.06. The first-order chi connectivity index (χ1) is 11.7. The highest BCUT2D eigenvalue weighted by Crippen LogP contribution is 2.14. The lowest BCUT2D eigenvalue weighted by molar-refractivity contribution is -0.120. The number of H-pyrrole nitrogens is 1. The van der Waals surface area contributed by atoms with Crippen molar-refractivity contribution in [3.05, 3.63) is 77.6 Å². The average molecular weight is 319 g/mol. The number of amides is 1. The van der Waals surface area contributed by atoms with Gasteiger partial charge in [-0.2, -0.15) is 0 Å². The van der Waals surface area contributed by atoms with Crippen LogP contribution in [0.1, 0.15) is 16.8 Å². The highest BCUT2D eigenvalue weighted by molar-refractivity contribution is 5.78. The van der Waals surface area contributed by atoms with Crippen LogP contribution in [0.3, 0.4) is 0 Å². The predicted octanol–water partition coefficient (Wildman–Crippen LogP) is 3.29. The van der Waals surface area contributed by atoms with E-state index in [2.05, 4.69) is 15.3 Å². The summed E-state index contributed by atoms with van der Waals surface area (Å²) in [5.74, 6) is 0.906. The summed E-state index contributed by atoms with van der Waals surface area (Å²) >= 11 is 0. The van der Waals surface area contributed by atoms with E-state index in [9.17, 15) is 4.79 Å². The van der Waals surface area contributed by atoms with Crippen molar-refractivity contribution in [2.24, 2.45) is 0 Å². The first-order valence-electron chi connectivity index (χ1n) is 8.13. The molecule has 1 amide bonds. The van der Waals surface area contributed by atoms with Crippen LogP contribution in [0, 0.1) is 6.92 Å². The van der Waals surface area contributed by atoms with E-state index in [1.165, 1.54) is 0 Å². The van der Waals surface area contributed by atoms with Gasteiger partial charge in [-0.1, -0.05) is 54.6 Å². The largest absolute Gasteiger partial charge is 0.355 e. The maximum Gasteiger partial charge on any atom is 0.224 e. The number of aromatic amines is 1. The van der Waals surface area contributed by atoms with Crippen molar-refractivity contribution in [1.82, 2.24) is 15.3 Å². The van der Waals surface area contributed by atoms with E-state index in [1.807, 2.05) is 67.7 Å². The second-order valence-electron chi connectivity index (χ2n) is 5.83. The molecule has 0 aliphatic rings. The molecule has 1 aromatic heterocycles. The third kappa shape index (κ3) is 4.10. The zero-order valence-corrected chi connectivity index (χ0v) is 13.8. The van der Waals surface area contributed by atoms with Gasteiger partial charge in [0.25, 0.3) is 0 Å². The van der Waals surface area contributed by atoms with Gasteiger partial charge in [-0.05, 0) is 18.1 Å². The number of carbonyl (C=O) groups is 1. The number of benzene rings is 2. The Kier molecular flexibility index (Phi) is 5.06. The molecule has 3 aromatic rings. The number of carbonyl (C=O) groups excluding carboxylic acids is 1. The average Bonchev–Trinajstić information content (AvgIpc) is 3.07. The molecule has 122 valence electrons. The predicted molar refractivity (Wildman–Crippen MR) is 95.6 cm³/mol. The van der Waals surface area contributed by atoms with E-state index in [1.54, 1.807) is 0 Å². The highest BCUT2D eigenvalue weighted by atomic mass is 16.1. The summed E-state index contributed by atoms with van der Waals surface area (Å²) in [6, 6.07) is 18.0. The maximum atomic E-state index is 12.0. The summed E-state index contributed by atoms with van der Waals surface area (Å²) in [5.41, 5.74) is 4.30. The molecular weight excluding hydrogens is 298 g/mol.